The Bertz CT molecular complexity index is 598. The van der Waals surface area contributed by atoms with Crippen LogP contribution in [0, 0.1) is 0 Å². The Balaban J connectivity index is 2.46. The molecule has 0 aliphatic carbocycles. The van der Waals surface area contributed by atoms with Crippen molar-refractivity contribution >= 4 is 29.5 Å². The maximum absolute atomic E-state index is 11.6. The van der Waals surface area contributed by atoms with Gasteiger partial charge in [0.05, 0.1) is 0 Å². The molecule has 0 aliphatic heterocycles. The first kappa shape index (κ1) is 18.4. The van der Waals surface area contributed by atoms with Crippen molar-refractivity contribution in [2.45, 2.75) is 33.3 Å². The largest absolute Gasteiger partial charge is 0.459 e. The Labute approximate surface area is 135 Å². The molecule has 0 aromatic heterocycles. The minimum absolute atomic E-state index is 0.144. The van der Waals surface area contributed by atoms with E-state index in [0.29, 0.717) is 5.69 Å². The second-order valence-corrected chi connectivity index (χ2v) is 5.94. The van der Waals surface area contributed by atoms with E-state index in [0.717, 1.165) is 5.56 Å². The third-order valence-electron chi connectivity index (χ3n) is 2.49. The average molecular weight is 318 g/mol. The summed E-state index contributed by atoms with van der Waals surface area (Å²) in [5.74, 6) is -1.02. The minimum Gasteiger partial charge on any atom is -0.459 e. The molecule has 1 aromatic rings. The van der Waals surface area contributed by atoms with E-state index in [4.69, 9.17) is 4.74 Å². The van der Waals surface area contributed by atoms with Crippen molar-refractivity contribution in [3.05, 3.63) is 35.9 Å². The maximum atomic E-state index is 11.6. The van der Waals surface area contributed by atoms with Crippen LogP contribution in [-0.2, 0) is 19.1 Å². The van der Waals surface area contributed by atoms with Gasteiger partial charge in [-0.1, -0.05) is 12.1 Å². The summed E-state index contributed by atoms with van der Waals surface area (Å²) in [6.45, 7) is 6.54. The van der Waals surface area contributed by atoms with Crippen molar-refractivity contribution in [2.75, 3.05) is 11.9 Å². The SMILES string of the molecule is CC(=O)Nc1ccc(/C=C/C(=O)NCC(=O)OC(C)(C)C)cc1. The lowest BCUT2D eigenvalue weighted by molar-refractivity contribution is -0.154. The summed E-state index contributed by atoms with van der Waals surface area (Å²) < 4.78 is 5.08. The molecule has 1 rings (SSSR count). The van der Waals surface area contributed by atoms with Gasteiger partial charge >= 0.3 is 5.97 Å². The lowest BCUT2D eigenvalue weighted by Crippen LogP contribution is -2.33. The second kappa shape index (κ2) is 8.12. The zero-order valence-corrected chi connectivity index (χ0v) is 13.8. The van der Waals surface area contributed by atoms with Crippen LogP contribution in [0.3, 0.4) is 0 Å². The summed E-state index contributed by atoms with van der Waals surface area (Å²) in [6.07, 6.45) is 2.94. The Morgan fingerprint density at radius 1 is 1.13 bits per heavy atom. The number of benzene rings is 1. The number of amides is 2. The molecule has 0 unspecified atom stereocenters. The number of hydrogen-bond acceptors (Lipinski definition) is 4. The van der Waals surface area contributed by atoms with Gasteiger partial charge in [0.25, 0.3) is 0 Å². The third-order valence-corrected chi connectivity index (χ3v) is 2.49. The maximum Gasteiger partial charge on any atom is 0.325 e. The smallest absolute Gasteiger partial charge is 0.325 e. The van der Waals surface area contributed by atoms with Crippen LogP contribution in [-0.4, -0.2) is 29.9 Å². The number of carbonyl (C=O) groups excluding carboxylic acids is 3. The molecule has 2 N–H and O–H groups in total. The Morgan fingerprint density at radius 2 is 1.74 bits per heavy atom. The summed E-state index contributed by atoms with van der Waals surface area (Å²) in [5, 5.41) is 5.11. The summed E-state index contributed by atoms with van der Waals surface area (Å²) in [5.41, 5.74) is 0.906. The summed E-state index contributed by atoms with van der Waals surface area (Å²) in [7, 11) is 0. The van der Waals surface area contributed by atoms with Crippen LogP contribution >= 0.6 is 0 Å². The topological polar surface area (TPSA) is 84.5 Å². The van der Waals surface area contributed by atoms with Crippen molar-refractivity contribution in [3.63, 3.8) is 0 Å². The van der Waals surface area contributed by atoms with E-state index in [1.165, 1.54) is 13.0 Å². The molecule has 0 atom stereocenters. The van der Waals surface area contributed by atoms with Crippen molar-refractivity contribution in [3.8, 4) is 0 Å². The van der Waals surface area contributed by atoms with Gasteiger partial charge in [0.1, 0.15) is 12.1 Å². The molecule has 0 saturated carbocycles. The highest BCUT2D eigenvalue weighted by Gasteiger charge is 2.16. The molecule has 0 radical (unpaired) electrons. The number of ether oxygens (including phenoxy) is 1. The third kappa shape index (κ3) is 8.40. The van der Waals surface area contributed by atoms with Crippen LogP contribution in [0.5, 0.6) is 0 Å². The number of rotatable bonds is 5. The number of carbonyl (C=O) groups is 3. The molecule has 6 heteroatoms. The molecule has 0 saturated heterocycles. The van der Waals surface area contributed by atoms with Gasteiger partial charge < -0.3 is 15.4 Å². The lowest BCUT2D eigenvalue weighted by Gasteiger charge is -2.19. The van der Waals surface area contributed by atoms with Crippen molar-refractivity contribution in [1.82, 2.24) is 5.32 Å². The zero-order chi connectivity index (χ0) is 17.5. The number of esters is 1. The van der Waals surface area contributed by atoms with Gasteiger partial charge in [-0.3, -0.25) is 14.4 Å². The van der Waals surface area contributed by atoms with Gasteiger partial charge in [-0.05, 0) is 44.5 Å². The minimum atomic E-state index is -0.576. The first-order valence-electron chi connectivity index (χ1n) is 7.21. The van der Waals surface area contributed by atoms with Gasteiger partial charge in [0, 0.05) is 18.7 Å². The van der Waals surface area contributed by atoms with Crippen LogP contribution in [0.25, 0.3) is 6.08 Å². The molecule has 23 heavy (non-hydrogen) atoms. The Kier molecular flexibility index (Phi) is 6.50. The van der Waals surface area contributed by atoms with E-state index in [2.05, 4.69) is 10.6 Å². The van der Waals surface area contributed by atoms with Crippen molar-refractivity contribution in [2.24, 2.45) is 0 Å². The predicted octanol–water partition coefficient (Wildman–Crippen LogP) is 2.12. The van der Waals surface area contributed by atoms with E-state index in [9.17, 15) is 14.4 Å². The number of nitrogens with one attached hydrogen (secondary N) is 2. The first-order valence-corrected chi connectivity index (χ1v) is 7.21. The van der Waals surface area contributed by atoms with Crippen LogP contribution in [0.4, 0.5) is 5.69 Å². The molecular weight excluding hydrogens is 296 g/mol. The highest BCUT2D eigenvalue weighted by Crippen LogP contribution is 2.10. The average Bonchev–Trinajstić information content (AvgIpc) is 2.42. The zero-order valence-electron chi connectivity index (χ0n) is 13.8. The highest BCUT2D eigenvalue weighted by atomic mass is 16.6. The molecule has 6 nitrogen and oxygen atoms in total. The summed E-state index contributed by atoms with van der Waals surface area (Å²) in [4.78, 5) is 34.0. The summed E-state index contributed by atoms with van der Waals surface area (Å²) >= 11 is 0. The van der Waals surface area contributed by atoms with E-state index in [1.807, 2.05) is 0 Å². The lowest BCUT2D eigenvalue weighted by atomic mass is 10.2. The van der Waals surface area contributed by atoms with Crippen LogP contribution in [0.2, 0.25) is 0 Å². The summed E-state index contributed by atoms with van der Waals surface area (Å²) in [6, 6.07) is 7.01. The predicted molar refractivity (Wildman–Crippen MR) is 88.6 cm³/mol. The van der Waals surface area contributed by atoms with E-state index < -0.39 is 11.6 Å². The van der Waals surface area contributed by atoms with Gasteiger partial charge in [0.15, 0.2) is 0 Å². The molecule has 0 fully saturated rings. The number of anilines is 1. The fourth-order valence-corrected chi connectivity index (χ4v) is 1.65. The van der Waals surface area contributed by atoms with Crippen LogP contribution in [0.15, 0.2) is 30.3 Å². The Morgan fingerprint density at radius 3 is 2.26 bits per heavy atom. The van der Waals surface area contributed by atoms with Crippen LogP contribution < -0.4 is 10.6 Å². The van der Waals surface area contributed by atoms with Gasteiger partial charge in [-0.2, -0.15) is 0 Å². The monoisotopic (exact) mass is 318 g/mol. The van der Waals surface area contributed by atoms with Crippen molar-refractivity contribution < 1.29 is 19.1 Å². The van der Waals surface area contributed by atoms with Crippen LogP contribution in [0.1, 0.15) is 33.3 Å². The normalized spacial score (nSPS) is 11.1. The van der Waals surface area contributed by atoms with E-state index in [1.54, 1.807) is 51.1 Å². The van der Waals surface area contributed by atoms with E-state index >= 15 is 0 Å². The van der Waals surface area contributed by atoms with Gasteiger partial charge in [-0.15, -0.1) is 0 Å². The fraction of sp³-hybridized carbons (Fsp3) is 0.353. The molecule has 1 aromatic carbocycles. The highest BCUT2D eigenvalue weighted by molar-refractivity contribution is 5.94. The first-order chi connectivity index (χ1) is 10.7. The molecule has 2 amide bonds. The van der Waals surface area contributed by atoms with E-state index in [-0.39, 0.29) is 18.4 Å². The fourth-order valence-electron chi connectivity index (χ4n) is 1.65. The quantitative estimate of drug-likeness (QED) is 0.643. The molecular formula is C17H22N2O4. The standard InChI is InChI=1S/C17H22N2O4/c1-12(20)19-14-8-5-13(6-9-14)7-10-15(21)18-11-16(22)23-17(2,3)4/h5-10H,11H2,1-4H3,(H,18,21)(H,19,20)/b10-7+. The molecule has 0 bridgehead atoms. The number of hydrogen-bond donors (Lipinski definition) is 2. The van der Waals surface area contributed by atoms with Gasteiger partial charge in [0.2, 0.25) is 11.8 Å². The second-order valence-electron chi connectivity index (χ2n) is 5.94. The van der Waals surface area contributed by atoms with Gasteiger partial charge in [-0.25, -0.2) is 0 Å². The molecule has 0 spiro atoms. The molecule has 124 valence electrons. The molecule has 0 heterocycles. The Hall–Kier alpha value is -2.63. The molecule has 0 aliphatic rings. The van der Waals surface area contributed by atoms with Crippen molar-refractivity contribution in [1.29, 1.82) is 0 Å².